The van der Waals surface area contributed by atoms with Crippen molar-refractivity contribution in [3.05, 3.63) is 52.6 Å². The predicted molar refractivity (Wildman–Crippen MR) is 142 cm³/mol. The quantitative estimate of drug-likeness (QED) is 0.184. The van der Waals surface area contributed by atoms with Crippen LogP contribution in [0.5, 0.6) is 5.75 Å². The molecule has 1 saturated heterocycles. The first-order valence-electron chi connectivity index (χ1n) is 12.5. The zero-order valence-corrected chi connectivity index (χ0v) is 24.2. The van der Waals surface area contributed by atoms with Gasteiger partial charge in [-0.15, -0.1) is 0 Å². The molecule has 6 atom stereocenters. The summed E-state index contributed by atoms with van der Waals surface area (Å²) in [5.41, 5.74) is 3.43. The lowest BCUT2D eigenvalue weighted by Crippen LogP contribution is -2.46. The minimum absolute atomic E-state index is 0.0228. The molecule has 1 aromatic heterocycles. The highest BCUT2D eigenvalue weighted by Gasteiger charge is 2.54. The Kier molecular flexibility index (Phi) is 11.8. The zero-order valence-electron chi connectivity index (χ0n) is 23.3. The van der Waals surface area contributed by atoms with Crippen LogP contribution in [0.4, 0.5) is 19.0 Å². The molecule has 2 heterocycles. The molecule has 0 bridgehead atoms. The smallest absolute Gasteiger partial charge is 0.475 e. The van der Waals surface area contributed by atoms with Gasteiger partial charge in [0.2, 0.25) is 0 Å². The van der Waals surface area contributed by atoms with E-state index < -0.39 is 68.2 Å². The number of rotatable bonds is 10. The number of benzene rings is 1. The summed E-state index contributed by atoms with van der Waals surface area (Å²) < 4.78 is 68.3. The molecule has 0 amide bonds. The molecule has 19 heteroatoms. The third-order valence-corrected chi connectivity index (χ3v) is 7.44. The van der Waals surface area contributed by atoms with Crippen LogP contribution in [0, 0.1) is 6.92 Å². The number of carbonyl (C=O) groups excluding carboxylic acids is 1. The highest BCUT2D eigenvalue weighted by Crippen LogP contribution is 2.47. The van der Waals surface area contributed by atoms with Crippen LogP contribution >= 0.6 is 7.75 Å². The lowest BCUT2D eigenvalue weighted by Gasteiger charge is -2.27. The second-order valence-electron chi connectivity index (χ2n) is 9.30. The highest BCUT2D eigenvalue weighted by molar-refractivity contribution is 7.52. The van der Waals surface area contributed by atoms with E-state index in [4.69, 9.17) is 34.2 Å². The number of aryl methyl sites for hydroxylation is 1. The van der Waals surface area contributed by atoms with E-state index >= 15 is 0 Å². The molecule has 6 N–H and O–H groups in total. The number of aliphatic hydroxyl groups is 2. The number of aliphatic carboxylic acids is 1. The molecule has 1 unspecified atom stereocenters. The number of para-hydroxylation sites is 1. The van der Waals surface area contributed by atoms with Gasteiger partial charge in [0, 0.05) is 6.20 Å². The van der Waals surface area contributed by atoms with Crippen molar-refractivity contribution in [3.63, 3.8) is 0 Å². The molecule has 0 saturated carbocycles. The third-order valence-electron chi connectivity index (χ3n) is 5.81. The summed E-state index contributed by atoms with van der Waals surface area (Å²) in [5.74, 6) is -3.22. The Morgan fingerprint density at radius 2 is 1.91 bits per heavy atom. The van der Waals surface area contributed by atoms with Crippen LogP contribution in [0.2, 0.25) is 0 Å². The van der Waals surface area contributed by atoms with Crippen molar-refractivity contribution in [2.24, 2.45) is 0 Å². The van der Waals surface area contributed by atoms with Crippen LogP contribution in [-0.4, -0.2) is 80.1 Å². The van der Waals surface area contributed by atoms with Crippen LogP contribution in [0.3, 0.4) is 0 Å². The second-order valence-corrected chi connectivity index (χ2v) is 11.0. The highest BCUT2D eigenvalue weighted by atomic mass is 31.2. The summed E-state index contributed by atoms with van der Waals surface area (Å²) in [4.78, 5) is 36.9. The van der Waals surface area contributed by atoms with Crippen molar-refractivity contribution < 1.29 is 61.2 Å². The Morgan fingerprint density at radius 1 is 1.30 bits per heavy atom. The van der Waals surface area contributed by atoms with Gasteiger partial charge in [-0.25, -0.2) is 14.2 Å². The van der Waals surface area contributed by atoms with Crippen LogP contribution < -0.4 is 21.0 Å². The maximum Gasteiger partial charge on any atom is 0.490 e. The van der Waals surface area contributed by atoms with Crippen LogP contribution in [0.25, 0.3) is 0 Å². The normalized spacial score (nSPS) is 23.8. The molecular formula is C24H32F3N4O11P. The zero-order chi connectivity index (χ0) is 32.8. The van der Waals surface area contributed by atoms with E-state index in [2.05, 4.69) is 10.1 Å². The summed E-state index contributed by atoms with van der Waals surface area (Å²) in [7, 11) is -4.25. The second kappa shape index (κ2) is 14.3. The van der Waals surface area contributed by atoms with Gasteiger partial charge in [0.05, 0.1) is 13.2 Å². The molecule has 1 aliphatic rings. The van der Waals surface area contributed by atoms with E-state index in [1.54, 1.807) is 38.1 Å². The molecule has 240 valence electrons. The molecule has 0 aliphatic carbocycles. The number of carboxylic acids is 1. The van der Waals surface area contributed by atoms with E-state index in [9.17, 15) is 37.5 Å². The Labute approximate surface area is 242 Å². The van der Waals surface area contributed by atoms with Crippen LogP contribution in [0.15, 0.2) is 41.3 Å². The Bertz CT molecular complexity index is 1390. The number of nitrogen functional groups attached to an aromatic ring is 1. The van der Waals surface area contributed by atoms with Crippen molar-refractivity contribution >= 4 is 25.5 Å². The molecule has 0 spiro atoms. The lowest BCUT2D eigenvalue weighted by atomic mass is 9.96. The molecule has 43 heavy (non-hydrogen) atoms. The lowest BCUT2D eigenvalue weighted by molar-refractivity contribution is -0.192. The van der Waals surface area contributed by atoms with Crippen molar-refractivity contribution in [1.29, 1.82) is 0 Å². The van der Waals surface area contributed by atoms with Crippen LogP contribution in [0.1, 0.15) is 32.6 Å². The van der Waals surface area contributed by atoms with Gasteiger partial charge >= 0.3 is 31.6 Å². The SMILES string of the molecule is CCOC(=O)[C@H](C)NP(=O)(OC[C@H]1O[C@@H](n2ccc(N)nc2=O)[C@](C)(O)[C@@H]1O)Oc1ccccc1C.O=C(O)C(F)(F)F. The Balaban J connectivity index is 0.000000821. The fourth-order valence-corrected chi connectivity index (χ4v) is 5.16. The fourth-order valence-electron chi connectivity index (χ4n) is 3.59. The van der Waals surface area contributed by atoms with Gasteiger partial charge in [-0.1, -0.05) is 18.2 Å². The topological polar surface area (TPSA) is 222 Å². The van der Waals surface area contributed by atoms with E-state index in [0.29, 0.717) is 5.56 Å². The van der Waals surface area contributed by atoms with Gasteiger partial charge in [-0.3, -0.25) is 13.9 Å². The molecular weight excluding hydrogens is 608 g/mol. The van der Waals surface area contributed by atoms with Crippen molar-refractivity contribution in [2.75, 3.05) is 18.9 Å². The van der Waals surface area contributed by atoms with Gasteiger partial charge in [-0.2, -0.15) is 23.2 Å². The number of hydrogen-bond acceptors (Lipinski definition) is 12. The number of ether oxygens (including phenoxy) is 2. The number of carbonyl (C=O) groups is 2. The summed E-state index contributed by atoms with van der Waals surface area (Å²) in [6, 6.07) is 7.02. The average molecular weight is 641 g/mol. The first-order valence-corrected chi connectivity index (χ1v) is 14.0. The van der Waals surface area contributed by atoms with Crippen LogP contribution in [-0.2, 0) is 28.2 Å². The van der Waals surface area contributed by atoms with Gasteiger partial charge in [0.1, 0.15) is 35.4 Å². The number of halogens is 3. The maximum atomic E-state index is 13.7. The maximum absolute atomic E-state index is 13.7. The molecule has 15 nitrogen and oxygen atoms in total. The number of carboxylic acid groups (broad SMARTS) is 1. The summed E-state index contributed by atoms with van der Waals surface area (Å²) in [6.45, 7) is 5.66. The number of nitrogens with one attached hydrogen (secondary N) is 1. The van der Waals surface area contributed by atoms with Gasteiger partial charge in [-0.05, 0) is 45.4 Å². The van der Waals surface area contributed by atoms with Gasteiger partial charge < -0.3 is 35.1 Å². The molecule has 1 aromatic carbocycles. The number of esters is 1. The molecule has 0 radical (unpaired) electrons. The van der Waals surface area contributed by atoms with E-state index in [1.165, 1.54) is 26.1 Å². The van der Waals surface area contributed by atoms with E-state index in [1.807, 2.05) is 0 Å². The van der Waals surface area contributed by atoms with Crippen molar-refractivity contribution in [1.82, 2.24) is 14.6 Å². The Morgan fingerprint density at radius 3 is 2.44 bits per heavy atom. The number of alkyl halides is 3. The number of nitrogens with zero attached hydrogens (tertiary/aromatic N) is 2. The summed E-state index contributed by atoms with van der Waals surface area (Å²) in [6.07, 6.45) is -7.94. The number of anilines is 1. The van der Waals surface area contributed by atoms with E-state index in [-0.39, 0.29) is 18.2 Å². The molecule has 1 fully saturated rings. The monoisotopic (exact) mass is 640 g/mol. The largest absolute Gasteiger partial charge is 0.490 e. The number of nitrogens with two attached hydrogens (primary N) is 1. The minimum atomic E-state index is -5.08. The summed E-state index contributed by atoms with van der Waals surface area (Å²) in [5, 5.41) is 31.3. The first-order chi connectivity index (χ1) is 19.8. The Hall–Kier alpha value is -3.54. The third kappa shape index (κ3) is 9.47. The molecule has 3 rings (SSSR count). The van der Waals surface area contributed by atoms with E-state index in [0.717, 1.165) is 4.57 Å². The molecule has 1 aliphatic heterocycles. The fraction of sp³-hybridized carbons (Fsp3) is 0.500. The molecule has 2 aromatic rings. The van der Waals surface area contributed by atoms with Gasteiger partial charge in [0.15, 0.2) is 6.23 Å². The number of aliphatic hydroxyl groups excluding tert-OH is 1. The minimum Gasteiger partial charge on any atom is -0.475 e. The number of hydrogen-bond donors (Lipinski definition) is 5. The summed E-state index contributed by atoms with van der Waals surface area (Å²) >= 11 is 0. The first kappa shape index (κ1) is 35.7. The predicted octanol–water partition coefficient (Wildman–Crippen LogP) is 1.52. The number of aromatic nitrogens is 2. The standard InChI is InChI=1S/C22H31N4O9P.C2HF3O2/c1-5-32-19(28)14(3)25-36(31,35-15-9-7-6-8-13(15)2)33-12-16-18(27)22(4,30)20(34-16)26-11-10-17(23)24-21(26)29;3-2(4,5)1(6)7/h6-11,14,16,18,20,27,30H,5,12H2,1-4H3,(H,25,31)(H2,23,24,29);(H,6,7)/t14-,16+,18+,20+,22+,36?;/m0./s1. The van der Waals surface area contributed by atoms with Crippen molar-refractivity contribution in [2.45, 2.75) is 63.9 Å². The average Bonchev–Trinajstić information content (AvgIpc) is 3.12. The van der Waals surface area contributed by atoms with Gasteiger partial charge in [0.25, 0.3) is 0 Å². The van der Waals surface area contributed by atoms with Crippen molar-refractivity contribution in [3.8, 4) is 5.75 Å².